The molecule has 9 heteroatoms. The molecule has 8 nitrogen and oxygen atoms in total. The SMILES string of the molecule is COc1cc(-c2onc(N(C)C)c2C(=O)N2CCC(O)(CO)CC2)ccc1F. The van der Waals surface area contributed by atoms with Gasteiger partial charge in [0.25, 0.3) is 5.91 Å². The van der Waals surface area contributed by atoms with Crippen LogP contribution in [0.5, 0.6) is 5.75 Å². The van der Waals surface area contributed by atoms with E-state index in [0.717, 1.165) is 0 Å². The Bertz CT molecular complexity index is 859. The molecule has 3 rings (SSSR count). The summed E-state index contributed by atoms with van der Waals surface area (Å²) in [7, 11) is 4.84. The van der Waals surface area contributed by atoms with E-state index in [0.29, 0.717) is 24.5 Å². The maximum Gasteiger partial charge on any atom is 0.261 e. The average Bonchev–Trinajstić information content (AvgIpc) is 3.14. The predicted molar refractivity (Wildman–Crippen MR) is 99.9 cm³/mol. The van der Waals surface area contributed by atoms with Crippen LogP contribution in [0.4, 0.5) is 10.2 Å². The lowest BCUT2D eigenvalue weighted by Crippen LogP contribution is -2.48. The minimum atomic E-state index is -1.16. The second-order valence-corrected chi connectivity index (χ2v) is 7.13. The molecular formula is C19H24FN3O5. The third kappa shape index (κ3) is 3.67. The van der Waals surface area contributed by atoms with Crippen molar-refractivity contribution in [1.82, 2.24) is 10.1 Å². The van der Waals surface area contributed by atoms with E-state index in [1.165, 1.54) is 25.3 Å². The van der Waals surface area contributed by atoms with E-state index in [1.807, 2.05) is 0 Å². The highest BCUT2D eigenvalue weighted by Gasteiger charge is 2.36. The monoisotopic (exact) mass is 393 g/mol. The third-order valence-electron chi connectivity index (χ3n) is 5.00. The molecule has 0 aliphatic carbocycles. The molecule has 152 valence electrons. The molecule has 28 heavy (non-hydrogen) atoms. The van der Waals surface area contributed by atoms with Crippen molar-refractivity contribution in [1.29, 1.82) is 0 Å². The first-order chi connectivity index (χ1) is 13.3. The zero-order valence-electron chi connectivity index (χ0n) is 16.1. The van der Waals surface area contributed by atoms with E-state index >= 15 is 0 Å². The highest BCUT2D eigenvalue weighted by Crippen LogP contribution is 2.35. The summed E-state index contributed by atoms with van der Waals surface area (Å²) in [5.74, 6) is -0.222. The molecule has 0 bridgehead atoms. The van der Waals surface area contributed by atoms with Crippen LogP contribution in [0.2, 0.25) is 0 Å². The first-order valence-corrected chi connectivity index (χ1v) is 8.93. The molecule has 0 atom stereocenters. The van der Waals surface area contributed by atoms with Gasteiger partial charge in [-0.25, -0.2) is 4.39 Å². The summed E-state index contributed by atoms with van der Waals surface area (Å²) in [5, 5.41) is 23.5. The topological polar surface area (TPSA) is 99.3 Å². The normalized spacial score (nSPS) is 16.1. The number of carbonyl (C=O) groups is 1. The summed E-state index contributed by atoms with van der Waals surface area (Å²) < 4.78 is 24.2. The minimum absolute atomic E-state index is 0.0321. The first kappa shape index (κ1) is 20.1. The van der Waals surface area contributed by atoms with Gasteiger partial charge >= 0.3 is 0 Å². The molecule has 2 N–H and O–H groups in total. The Hall–Kier alpha value is -2.65. The number of ether oxygens (including phenoxy) is 1. The van der Waals surface area contributed by atoms with Gasteiger partial charge in [0.2, 0.25) is 0 Å². The van der Waals surface area contributed by atoms with Gasteiger partial charge in [-0.1, -0.05) is 5.16 Å². The van der Waals surface area contributed by atoms with E-state index < -0.39 is 11.4 Å². The minimum Gasteiger partial charge on any atom is -0.494 e. The number of anilines is 1. The van der Waals surface area contributed by atoms with Crippen LogP contribution in [0.1, 0.15) is 23.2 Å². The fraction of sp³-hybridized carbons (Fsp3) is 0.474. The summed E-state index contributed by atoms with van der Waals surface area (Å²) in [4.78, 5) is 16.5. The van der Waals surface area contributed by atoms with E-state index in [9.17, 15) is 19.4 Å². The smallest absolute Gasteiger partial charge is 0.261 e. The molecule has 1 aromatic heterocycles. The molecular weight excluding hydrogens is 369 g/mol. The van der Waals surface area contributed by atoms with Crippen LogP contribution in [0.15, 0.2) is 22.7 Å². The zero-order valence-corrected chi connectivity index (χ0v) is 16.1. The summed E-state index contributed by atoms with van der Waals surface area (Å²) in [6, 6.07) is 4.19. The Morgan fingerprint density at radius 1 is 1.39 bits per heavy atom. The number of likely N-dealkylation sites (tertiary alicyclic amines) is 1. The van der Waals surface area contributed by atoms with E-state index in [1.54, 1.807) is 23.9 Å². The Kier molecular flexibility index (Phi) is 5.57. The van der Waals surface area contributed by atoms with Crippen molar-refractivity contribution in [3.8, 4) is 17.1 Å². The first-order valence-electron chi connectivity index (χ1n) is 8.93. The summed E-state index contributed by atoms with van der Waals surface area (Å²) in [6.45, 7) is 0.242. The number of amides is 1. The van der Waals surface area contributed by atoms with Crippen LogP contribution in [-0.4, -0.2) is 72.7 Å². The van der Waals surface area contributed by atoms with Crippen molar-refractivity contribution in [2.45, 2.75) is 18.4 Å². The number of carbonyl (C=O) groups excluding carboxylic acids is 1. The van der Waals surface area contributed by atoms with Crippen LogP contribution in [0.3, 0.4) is 0 Å². The second-order valence-electron chi connectivity index (χ2n) is 7.13. The lowest BCUT2D eigenvalue weighted by molar-refractivity contribution is -0.0546. The average molecular weight is 393 g/mol. The number of halogens is 1. The van der Waals surface area contributed by atoms with Crippen LogP contribution >= 0.6 is 0 Å². The molecule has 0 radical (unpaired) electrons. The fourth-order valence-corrected chi connectivity index (χ4v) is 3.22. The van der Waals surface area contributed by atoms with Gasteiger partial charge in [0.05, 0.1) is 19.3 Å². The summed E-state index contributed by atoms with van der Waals surface area (Å²) >= 11 is 0. The van der Waals surface area contributed by atoms with Gasteiger partial charge < -0.3 is 29.3 Å². The molecule has 0 spiro atoms. The van der Waals surface area contributed by atoms with Gasteiger partial charge in [-0.2, -0.15) is 0 Å². The number of aliphatic hydroxyl groups is 2. The Labute approximate surface area is 162 Å². The number of hydrogen-bond acceptors (Lipinski definition) is 7. The number of hydrogen-bond donors (Lipinski definition) is 2. The van der Waals surface area contributed by atoms with E-state index in [2.05, 4.69) is 5.16 Å². The molecule has 2 aromatic rings. The van der Waals surface area contributed by atoms with Gasteiger partial charge in [0, 0.05) is 32.7 Å². The maximum absolute atomic E-state index is 13.8. The number of rotatable bonds is 5. The van der Waals surface area contributed by atoms with Gasteiger partial charge in [-0.05, 0) is 31.0 Å². The molecule has 1 aromatic carbocycles. The van der Waals surface area contributed by atoms with E-state index in [4.69, 9.17) is 9.26 Å². The van der Waals surface area contributed by atoms with Crippen molar-refractivity contribution >= 4 is 11.7 Å². The largest absolute Gasteiger partial charge is 0.494 e. The van der Waals surface area contributed by atoms with Crippen LogP contribution < -0.4 is 9.64 Å². The second kappa shape index (κ2) is 7.76. The zero-order chi connectivity index (χ0) is 20.5. The van der Waals surface area contributed by atoms with Crippen molar-refractivity contribution in [2.75, 3.05) is 45.8 Å². The molecule has 0 unspecified atom stereocenters. The van der Waals surface area contributed by atoms with Crippen molar-refractivity contribution < 1.29 is 28.7 Å². The van der Waals surface area contributed by atoms with Gasteiger partial charge in [-0.3, -0.25) is 4.79 Å². The maximum atomic E-state index is 13.8. The van der Waals surface area contributed by atoms with Gasteiger partial charge in [0.1, 0.15) is 5.56 Å². The Morgan fingerprint density at radius 2 is 2.07 bits per heavy atom. The fourth-order valence-electron chi connectivity index (χ4n) is 3.22. The third-order valence-corrected chi connectivity index (χ3v) is 5.00. The van der Waals surface area contributed by atoms with Crippen molar-refractivity contribution in [3.05, 3.63) is 29.6 Å². The molecule has 1 saturated heterocycles. The standard InChI is InChI=1S/C19H24FN3O5/c1-22(2)17-15(18(25)23-8-6-19(26,11-24)7-9-23)16(28-21-17)12-4-5-13(20)14(10-12)27-3/h4-5,10,24,26H,6-9,11H2,1-3H3. The Morgan fingerprint density at radius 3 is 2.64 bits per heavy atom. The lowest BCUT2D eigenvalue weighted by atomic mass is 9.92. The molecule has 2 heterocycles. The van der Waals surface area contributed by atoms with Gasteiger partial charge in [-0.15, -0.1) is 0 Å². The number of nitrogens with zero attached hydrogens (tertiary/aromatic N) is 3. The number of piperidine rings is 1. The van der Waals surface area contributed by atoms with Crippen molar-refractivity contribution in [3.63, 3.8) is 0 Å². The van der Waals surface area contributed by atoms with Gasteiger partial charge in [0.15, 0.2) is 23.1 Å². The number of aliphatic hydroxyl groups excluding tert-OH is 1. The highest BCUT2D eigenvalue weighted by molar-refractivity contribution is 6.04. The molecule has 0 saturated carbocycles. The van der Waals surface area contributed by atoms with Crippen LogP contribution in [-0.2, 0) is 0 Å². The molecule has 1 fully saturated rings. The predicted octanol–water partition coefficient (Wildman–Crippen LogP) is 1.51. The number of benzene rings is 1. The van der Waals surface area contributed by atoms with Crippen LogP contribution in [0.25, 0.3) is 11.3 Å². The van der Waals surface area contributed by atoms with Crippen molar-refractivity contribution in [2.24, 2.45) is 0 Å². The number of methoxy groups -OCH3 is 1. The number of aromatic nitrogens is 1. The molecule has 1 amide bonds. The molecule has 1 aliphatic rings. The quantitative estimate of drug-likeness (QED) is 0.794. The summed E-state index contributed by atoms with van der Waals surface area (Å²) in [5.41, 5.74) is -0.442. The highest BCUT2D eigenvalue weighted by atomic mass is 19.1. The van der Waals surface area contributed by atoms with E-state index in [-0.39, 0.29) is 42.4 Å². The summed E-state index contributed by atoms with van der Waals surface area (Å²) in [6.07, 6.45) is 0.551. The van der Waals surface area contributed by atoms with Crippen LogP contribution in [0, 0.1) is 5.82 Å². The molecule has 1 aliphatic heterocycles. The lowest BCUT2D eigenvalue weighted by Gasteiger charge is -2.37. The Balaban J connectivity index is 1.98.